The molecule has 9 rings (SSSR count). The largest absolute Gasteiger partial charge is 0.392 e. The molecule has 6 aromatic rings. The molecule has 3 aliphatic heterocycles. The number of nitrogens with one attached hydrogen (secondary N) is 3. The van der Waals surface area contributed by atoms with Gasteiger partial charge in [-0.2, -0.15) is 4.98 Å². The van der Waals surface area contributed by atoms with E-state index in [1.807, 2.05) is 58.0 Å². The van der Waals surface area contributed by atoms with E-state index in [-0.39, 0.29) is 29.9 Å². The number of benzene rings is 3. The van der Waals surface area contributed by atoms with E-state index in [9.17, 15) is 19.5 Å². The molecule has 3 fully saturated rings. The number of carbonyl (C=O) groups excluding carboxylic acids is 3. The summed E-state index contributed by atoms with van der Waals surface area (Å²) >= 11 is 0. The van der Waals surface area contributed by atoms with Crippen LogP contribution < -0.4 is 25.3 Å². The molecule has 16 heteroatoms. The van der Waals surface area contributed by atoms with Gasteiger partial charge in [0.1, 0.15) is 12.0 Å². The van der Waals surface area contributed by atoms with Gasteiger partial charge >= 0.3 is 17.8 Å². The molecule has 4 amide bonds. The number of imide groups is 1. The third-order valence-electron chi connectivity index (χ3n) is 12.7. The summed E-state index contributed by atoms with van der Waals surface area (Å²) in [5.74, 6) is 0.316. The molecule has 0 saturated carbocycles. The van der Waals surface area contributed by atoms with Gasteiger partial charge in [0.25, 0.3) is 0 Å². The number of urea groups is 1. The van der Waals surface area contributed by atoms with Gasteiger partial charge in [0.2, 0.25) is 5.91 Å². The van der Waals surface area contributed by atoms with Gasteiger partial charge < -0.3 is 29.7 Å². The monoisotopic (exact) mass is 865 g/mol. The number of piperidine rings is 1. The molecular weight excluding hydrogens is 811 g/mol. The van der Waals surface area contributed by atoms with Crippen molar-refractivity contribution in [1.82, 2.24) is 40.6 Å². The van der Waals surface area contributed by atoms with Crippen molar-refractivity contribution in [2.45, 2.75) is 65.0 Å². The lowest BCUT2D eigenvalue weighted by atomic mass is 9.95. The minimum Gasteiger partial charge on any atom is -0.392 e. The molecule has 16 nitrogen and oxygen atoms in total. The molecule has 64 heavy (non-hydrogen) atoms. The summed E-state index contributed by atoms with van der Waals surface area (Å²) in [6.45, 7) is 15.1. The Hall–Kier alpha value is -6.65. The SMILES string of the molecule is C[C@@H](NC(=O)c1nc(C(C)(C)C)no1)c1ccc(-c2ncnc3[nH]c(-c4ccc(N5CCN(CC6CCN(c7ccc(N8CCC(=O)NC8=O)cc7)CC6)CC5)cc4)cc23)cc1CO. The van der Waals surface area contributed by atoms with Crippen LogP contribution in [0.15, 0.2) is 83.6 Å². The zero-order valence-corrected chi connectivity index (χ0v) is 36.8. The summed E-state index contributed by atoms with van der Waals surface area (Å²) < 4.78 is 5.23. The molecule has 4 N–H and O–H groups in total. The number of hydrogen-bond acceptors (Lipinski definition) is 12. The van der Waals surface area contributed by atoms with Crippen LogP contribution in [0, 0.1) is 5.92 Å². The maximum atomic E-state index is 13.0. The summed E-state index contributed by atoms with van der Waals surface area (Å²) in [5, 5.41) is 20.6. The van der Waals surface area contributed by atoms with Crippen molar-refractivity contribution >= 4 is 45.9 Å². The minimum absolute atomic E-state index is 0.103. The van der Waals surface area contributed by atoms with Crippen LogP contribution in [0.1, 0.15) is 80.6 Å². The highest BCUT2D eigenvalue weighted by atomic mass is 16.5. The molecule has 332 valence electrons. The zero-order valence-electron chi connectivity index (χ0n) is 36.8. The first-order valence-electron chi connectivity index (χ1n) is 22.2. The van der Waals surface area contributed by atoms with Crippen LogP contribution in [-0.4, -0.2) is 105 Å². The molecule has 0 bridgehead atoms. The van der Waals surface area contributed by atoms with Crippen LogP contribution in [0.25, 0.3) is 33.5 Å². The number of rotatable bonds is 11. The number of H-pyrrole nitrogens is 1. The van der Waals surface area contributed by atoms with Gasteiger partial charge in [-0.3, -0.25) is 24.7 Å². The Balaban J connectivity index is 0.778. The van der Waals surface area contributed by atoms with Crippen LogP contribution in [0.5, 0.6) is 0 Å². The van der Waals surface area contributed by atoms with Crippen LogP contribution in [0.2, 0.25) is 0 Å². The number of amides is 4. The van der Waals surface area contributed by atoms with Gasteiger partial charge in [0.05, 0.1) is 18.3 Å². The van der Waals surface area contributed by atoms with Crippen LogP contribution in [0.4, 0.5) is 21.9 Å². The van der Waals surface area contributed by atoms with Crippen LogP contribution in [-0.2, 0) is 16.8 Å². The van der Waals surface area contributed by atoms with Crippen molar-refractivity contribution in [1.29, 1.82) is 0 Å². The first-order valence-corrected chi connectivity index (χ1v) is 22.2. The molecular formula is C48H55N11O5. The Bertz CT molecular complexity index is 2640. The first-order chi connectivity index (χ1) is 30.9. The third-order valence-corrected chi connectivity index (χ3v) is 12.7. The number of aliphatic hydroxyl groups excluding tert-OH is 1. The molecule has 0 spiro atoms. The van der Waals surface area contributed by atoms with Gasteiger partial charge in [-0.05, 0) is 90.9 Å². The lowest BCUT2D eigenvalue weighted by Gasteiger charge is -2.40. The number of aliphatic hydroxyl groups is 1. The maximum absolute atomic E-state index is 13.0. The highest BCUT2D eigenvalue weighted by Gasteiger charge is 2.28. The maximum Gasteiger partial charge on any atom is 0.328 e. The van der Waals surface area contributed by atoms with E-state index in [0.717, 1.165) is 103 Å². The molecule has 0 unspecified atom stereocenters. The summed E-state index contributed by atoms with van der Waals surface area (Å²) in [7, 11) is 0. The van der Waals surface area contributed by atoms with E-state index in [4.69, 9.17) is 4.52 Å². The Labute approximate surface area is 372 Å². The van der Waals surface area contributed by atoms with E-state index in [0.29, 0.717) is 30.3 Å². The normalized spacial score (nSPS) is 17.2. The average Bonchev–Trinajstić information content (AvgIpc) is 3.99. The zero-order chi connectivity index (χ0) is 44.5. The predicted molar refractivity (Wildman–Crippen MR) is 245 cm³/mol. The van der Waals surface area contributed by atoms with E-state index in [2.05, 4.69) is 92.9 Å². The molecule has 3 aromatic heterocycles. The Morgan fingerprint density at radius 3 is 2.20 bits per heavy atom. The molecule has 6 heterocycles. The number of nitrogens with zero attached hydrogens (tertiary/aromatic N) is 8. The van der Waals surface area contributed by atoms with E-state index in [1.165, 1.54) is 11.4 Å². The Morgan fingerprint density at radius 1 is 0.859 bits per heavy atom. The summed E-state index contributed by atoms with van der Waals surface area (Å²) in [4.78, 5) is 62.9. The number of fused-ring (bicyclic) bond motifs is 1. The van der Waals surface area contributed by atoms with Gasteiger partial charge in [0.15, 0.2) is 5.82 Å². The number of piperazine rings is 1. The van der Waals surface area contributed by atoms with Crippen molar-refractivity contribution in [3.63, 3.8) is 0 Å². The summed E-state index contributed by atoms with van der Waals surface area (Å²) in [6, 6.07) is 23.9. The highest BCUT2D eigenvalue weighted by Crippen LogP contribution is 2.34. The second-order valence-corrected chi connectivity index (χ2v) is 18.1. The fourth-order valence-corrected chi connectivity index (χ4v) is 9.03. The average molecular weight is 866 g/mol. The molecule has 3 aliphatic rings. The summed E-state index contributed by atoms with van der Waals surface area (Å²) in [5.41, 5.74) is 8.54. The fraction of sp³-hybridized carbons (Fsp3) is 0.396. The lowest BCUT2D eigenvalue weighted by Crippen LogP contribution is -2.49. The van der Waals surface area contributed by atoms with E-state index in [1.54, 1.807) is 11.2 Å². The van der Waals surface area contributed by atoms with Crippen molar-refractivity contribution in [2.24, 2.45) is 5.92 Å². The molecule has 3 aromatic carbocycles. The van der Waals surface area contributed by atoms with E-state index < -0.39 is 11.9 Å². The number of aromatic amines is 1. The third kappa shape index (κ3) is 9.06. The van der Waals surface area contributed by atoms with Crippen LogP contribution in [0.3, 0.4) is 0 Å². The molecule has 3 saturated heterocycles. The van der Waals surface area contributed by atoms with Gasteiger partial charge in [-0.1, -0.05) is 50.2 Å². The number of carbonyl (C=O) groups is 3. The topological polar surface area (TPSA) is 189 Å². The second-order valence-electron chi connectivity index (χ2n) is 18.1. The Morgan fingerprint density at radius 2 is 1.53 bits per heavy atom. The molecule has 0 radical (unpaired) electrons. The van der Waals surface area contributed by atoms with E-state index >= 15 is 0 Å². The number of aromatic nitrogens is 5. The van der Waals surface area contributed by atoms with Crippen molar-refractivity contribution in [3.05, 3.63) is 102 Å². The fourth-order valence-electron chi connectivity index (χ4n) is 9.03. The predicted octanol–water partition coefficient (Wildman–Crippen LogP) is 6.44. The first kappa shape index (κ1) is 42.6. The minimum atomic E-state index is -0.481. The second kappa shape index (κ2) is 17.8. The number of hydrogen-bond donors (Lipinski definition) is 4. The van der Waals surface area contributed by atoms with Crippen molar-refractivity contribution < 1.29 is 24.0 Å². The van der Waals surface area contributed by atoms with Crippen molar-refractivity contribution in [3.8, 4) is 22.5 Å². The molecule has 1 atom stereocenters. The smallest absolute Gasteiger partial charge is 0.328 e. The molecule has 0 aliphatic carbocycles. The standard InChI is InChI=1S/C48H55N11O5/c1-30(51-44(62)45-54-46(55-64-45)48(2,3)4)38-14-7-33(25-34(38)28-60)42-39-26-40(52-43(39)50-29-49-42)32-5-8-35(9-6-32)58-23-21-56(22-24-58)27-31-15-18-57(19-16-31)36-10-12-37(13-11-36)59-20-17-41(61)53-47(59)63/h5-14,25-26,29-31,60H,15-24,27-28H2,1-4H3,(H,51,62)(H,49,50,52)(H,53,61,63)/t30-/m1/s1. The van der Waals surface area contributed by atoms with Gasteiger partial charge in [-0.15, -0.1) is 0 Å². The summed E-state index contributed by atoms with van der Waals surface area (Å²) in [6.07, 6.45) is 4.17. The quantitative estimate of drug-likeness (QED) is 0.112. The van der Waals surface area contributed by atoms with Crippen LogP contribution >= 0.6 is 0 Å². The Kier molecular flexibility index (Phi) is 11.9. The van der Waals surface area contributed by atoms with Gasteiger partial charge in [-0.25, -0.2) is 14.8 Å². The van der Waals surface area contributed by atoms with Crippen molar-refractivity contribution in [2.75, 3.05) is 67.1 Å². The lowest BCUT2D eigenvalue weighted by molar-refractivity contribution is -0.120. The van der Waals surface area contributed by atoms with Gasteiger partial charge in [0, 0.05) is 97.9 Å². The highest BCUT2D eigenvalue weighted by molar-refractivity contribution is 6.05. The number of anilines is 3.